The van der Waals surface area contributed by atoms with E-state index in [9.17, 15) is 0 Å². The zero-order valence-electron chi connectivity index (χ0n) is 10.1. The molecule has 0 saturated carbocycles. The maximum absolute atomic E-state index is 6.17. The van der Waals surface area contributed by atoms with Crippen molar-refractivity contribution in [3.63, 3.8) is 0 Å². The van der Waals surface area contributed by atoms with Crippen molar-refractivity contribution in [1.29, 1.82) is 0 Å². The first-order valence-corrected chi connectivity index (χ1v) is 6.61. The van der Waals surface area contributed by atoms with Crippen molar-refractivity contribution in [3.05, 3.63) is 33.8 Å². The molecule has 1 heterocycles. The molecule has 4 heteroatoms. The van der Waals surface area contributed by atoms with Gasteiger partial charge in [0, 0.05) is 27.7 Å². The van der Waals surface area contributed by atoms with Crippen molar-refractivity contribution in [1.82, 2.24) is 5.32 Å². The van der Waals surface area contributed by atoms with Gasteiger partial charge in [-0.1, -0.05) is 30.1 Å². The molecule has 1 saturated heterocycles. The molecule has 2 rings (SSSR count). The lowest BCUT2D eigenvalue weighted by Crippen LogP contribution is -2.52. The van der Waals surface area contributed by atoms with Crippen LogP contribution in [0.1, 0.15) is 31.9 Å². The molecule has 2 atom stereocenters. The Morgan fingerprint density at radius 3 is 2.82 bits per heavy atom. The van der Waals surface area contributed by atoms with E-state index in [-0.39, 0.29) is 11.6 Å². The van der Waals surface area contributed by atoms with Gasteiger partial charge in [-0.3, -0.25) is 0 Å². The van der Waals surface area contributed by atoms with E-state index in [4.69, 9.17) is 27.9 Å². The Labute approximate surface area is 112 Å². The fraction of sp³-hybridized carbons (Fsp3) is 0.538. The lowest BCUT2D eigenvalue weighted by molar-refractivity contribution is -0.0298. The predicted octanol–water partition coefficient (Wildman–Crippen LogP) is 3.82. The summed E-state index contributed by atoms with van der Waals surface area (Å²) in [4.78, 5) is 0. The van der Waals surface area contributed by atoms with Gasteiger partial charge in [0.2, 0.25) is 0 Å². The van der Waals surface area contributed by atoms with Gasteiger partial charge in [-0.05, 0) is 31.5 Å². The van der Waals surface area contributed by atoms with E-state index in [0.29, 0.717) is 16.7 Å². The number of rotatable bonds is 2. The summed E-state index contributed by atoms with van der Waals surface area (Å²) >= 11 is 12.2. The maximum atomic E-state index is 6.17. The topological polar surface area (TPSA) is 21.3 Å². The summed E-state index contributed by atoms with van der Waals surface area (Å²) in [5, 5.41) is 4.91. The Hall–Kier alpha value is -0.280. The zero-order valence-corrected chi connectivity index (χ0v) is 11.6. The highest BCUT2D eigenvalue weighted by Crippen LogP contribution is 2.31. The monoisotopic (exact) mass is 273 g/mol. The van der Waals surface area contributed by atoms with Gasteiger partial charge in [0.25, 0.3) is 0 Å². The van der Waals surface area contributed by atoms with E-state index in [2.05, 4.69) is 19.2 Å². The van der Waals surface area contributed by atoms with Crippen LogP contribution in [-0.2, 0) is 4.74 Å². The lowest BCUT2D eigenvalue weighted by atomic mass is 9.96. The van der Waals surface area contributed by atoms with Gasteiger partial charge in [-0.25, -0.2) is 0 Å². The molecule has 1 aromatic rings. The lowest BCUT2D eigenvalue weighted by Gasteiger charge is -2.38. The van der Waals surface area contributed by atoms with Crippen LogP contribution in [0.3, 0.4) is 0 Å². The minimum Gasteiger partial charge on any atom is -0.370 e. The Bertz CT molecular complexity index is 400. The van der Waals surface area contributed by atoms with E-state index in [1.807, 2.05) is 12.1 Å². The second kappa shape index (κ2) is 5.15. The molecule has 94 valence electrons. The quantitative estimate of drug-likeness (QED) is 0.885. The van der Waals surface area contributed by atoms with Gasteiger partial charge in [-0.15, -0.1) is 0 Å². The van der Waals surface area contributed by atoms with Gasteiger partial charge in [0.05, 0.1) is 12.7 Å². The molecule has 1 aliphatic rings. The third kappa shape index (κ3) is 2.94. The molecule has 2 nitrogen and oxygen atoms in total. The van der Waals surface area contributed by atoms with Gasteiger partial charge in [-0.2, -0.15) is 0 Å². The SMILES string of the molecule is CCC1(C)COC(c2cc(Cl)ccc2Cl)CN1. The minimum absolute atomic E-state index is 0.0131. The van der Waals surface area contributed by atoms with Crippen LogP contribution in [-0.4, -0.2) is 18.7 Å². The summed E-state index contributed by atoms with van der Waals surface area (Å²) in [6.45, 7) is 5.78. The van der Waals surface area contributed by atoms with Crippen molar-refractivity contribution < 1.29 is 4.74 Å². The summed E-state index contributed by atoms with van der Waals surface area (Å²) in [5.74, 6) is 0. The molecule has 1 aromatic carbocycles. The van der Waals surface area contributed by atoms with Crippen LogP contribution >= 0.6 is 23.2 Å². The molecule has 1 aliphatic heterocycles. The number of ether oxygens (including phenoxy) is 1. The van der Waals surface area contributed by atoms with E-state index < -0.39 is 0 Å². The smallest absolute Gasteiger partial charge is 0.0965 e. The first-order chi connectivity index (χ1) is 8.04. The molecule has 1 fully saturated rings. The van der Waals surface area contributed by atoms with Crippen LogP contribution in [0.2, 0.25) is 10.0 Å². The Kier molecular flexibility index (Phi) is 3.99. The third-order valence-corrected chi connectivity index (χ3v) is 3.98. The van der Waals surface area contributed by atoms with Crippen LogP contribution < -0.4 is 5.32 Å². The molecule has 0 amide bonds. The summed E-state index contributed by atoms with van der Waals surface area (Å²) in [6.07, 6.45) is 1.03. The van der Waals surface area contributed by atoms with Crippen molar-refractivity contribution in [2.45, 2.75) is 31.9 Å². The average Bonchev–Trinajstić information content (AvgIpc) is 2.34. The Morgan fingerprint density at radius 1 is 1.47 bits per heavy atom. The van der Waals surface area contributed by atoms with E-state index in [1.54, 1.807) is 6.07 Å². The van der Waals surface area contributed by atoms with Crippen LogP contribution in [0.4, 0.5) is 0 Å². The first kappa shape index (κ1) is 13.2. The summed E-state index contributed by atoms with van der Waals surface area (Å²) in [6, 6.07) is 5.49. The summed E-state index contributed by atoms with van der Waals surface area (Å²) in [7, 11) is 0. The van der Waals surface area contributed by atoms with Crippen LogP contribution in [0.15, 0.2) is 18.2 Å². The van der Waals surface area contributed by atoms with Gasteiger partial charge in [0.15, 0.2) is 0 Å². The minimum atomic E-state index is -0.0131. The highest BCUT2D eigenvalue weighted by Gasteiger charge is 2.31. The van der Waals surface area contributed by atoms with E-state index in [0.717, 1.165) is 18.5 Å². The fourth-order valence-electron chi connectivity index (χ4n) is 1.92. The highest BCUT2D eigenvalue weighted by atomic mass is 35.5. The second-order valence-electron chi connectivity index (χ2n) is 4.76. The average molecular weight is 274 g/mol. The number of morpholine rings is 1. The third-order valence-electron chi connectivity index (χ3n) is 3.40. The molecule has 0 aliphatic carbocycles. The van der Waals surface area contributed by atoms with Crippen LogP contribution in [0.25, 0.3) is 0 Å². The molecule has 0 aromatic heterocycles. The number of nitrogens with one attached hydrogen (secondary N) is 1. The number of hydrogen-bond donors (Lipinski definition) is 1. The highest BCUT2D eigenvalue weighted by molar-refractivity contribution is 6.33. The maximum Gasteiger partial charge on any atom is 0.0965 e. The molecule has 1 N–H and O–H groups in total. The van der Waals surface area contributed by atoms with Crippen molar-refractivity contribution in [3.8, 4) is 0 Å². The molecule has 0 spiro atoms. The van der Waals surface area contributed by atoms with Gasteiger partial charge < -0.3 is 10.1 Å². The number of hydrogen-bond acceptors (Lipinski definition) is 2. The summed E-state index contributed by atoms with van der Waals surface area (Å²) in [5.41, 5.74) is 1.03. The number of benzene rings is 1. The summed E-state index contributed by atoms with van der Waals surface area (Å²) < 4.78 is 5.90. The molecular formula is C13H17Cl2NO. The van der Waals surface area contributed by atoms with E-state index >= 15 is 0 Å². The molecule has 0 radical (unpaired) electrons. The van der Waals surface area contributed by atoms with Crippen molar-refractivity contribution >= 4 is 23.2 Å². The van der Waals surface area contributed by atoms with Gasteiger partial charge in [0.1, 0.15) is 0 Å². The predicted molar refractivity (Wildman–Crippen MR) is 71.9 cm³/mol. The van der Waals surface area contributed by atoms with Gasteiger partial charge >= 0.3 is 0 Å². The fourth-order valence-corrected chi connectivity index (χ4v) is 2.34. The normalized spacial score (nSPS) is 29.3. The standard InChI is InChI=1S/C13H17Cl2NO/c1-3-13(2)8-17-12(7-16-13)10-6-9(14)4-5-11(10)15/h4-6,12,16H,3,7-8H2,1-2H3. The second-order valence-corrected chi connectivity index (χ2v) is 5.60. The molecule has 17 heavy (non-hydrogen) atoms. The van der Waals surface area contributed by atoms with Crippen molar-refractivity contribution in [2.24, 2.45) is 0 Å². The Morgan fingerprint density at radius 2 is 2.24 bits per heavy atom. The zero-order chi connectivity index (χ0) is 12.5. The van der Waals surface area contributed by atoms with E-state index in [1.165, 1.54) is 0 Å². The first-order valence-electron chi connectivity index (χ1n) is 5.86. The molecule has 0 bridgehead atoms. The Balaban J connectivity index is 2.13. The number of halogens is 2. The van der Waals surface area contributed by atoms with Crippen LogP contribution in [0, 0.1) is 0 Å². The van der Waals surface area contributed by atoms with Crippen LogP contribution in [0.5, 0.6) is 0 Å². The molecule has 2 unspecified atom stereocenters. The van der Waals surface area contributed by atoms with Crippen molar-refractivity contribution in [2.75, 3.05) is 13.2 Å². The largest absolute Gasteiger partial charge is 0.370 e. The molecular weight excluding hydrogens is 257 g/mol.